The highest BCUT2D eigenvalue weighted by Crippen LogP contribution is 2.06. The first-order chi connectivity index (χ1) is 7.68. The van der Waals surface area contributed by atoms with E-state index in [1.807, 2.05) is 14.0 Å². The third kappa shape index (κ3) is 2.11. The van der Waals surface area contributed by atoms with Crippen molar-refractivity contribution in [1.29, 1.82) is 0 Å². The average Bonchev–Trinajstić information content (AvgIpc) is 2.89. The number of nitrogens with one attached hydrogen (secondary N) is 1. The summed E-state index contributed by atoms with van der Waals surface area (Å²) in [6.45, 7) is 2.45. The van der Waals surface area contributed by atoms with Crippen molar-refractivity contribution in [3.63, 3.8) is 0 Å². The predicted molar refractivity (Wildman–Crippen MR) is 61.2 cm³/mol. The van der Waals surface area contributed by atoms with E-state index in [0.717, 1.165) is 11.3 Å². The molecule has 0 aromatic carbocycles. The lowest BCUT2D eigenvalue weighted by molar-refractivity contribution is 0.0946. The smallest absolute Gasteiger partial charge is 0.271 e. The standard InChI is InChI=1S/C10H12N4OS/c1-7-8(4-13-14(7)2)3-11-10(15)9-5-16-6-12-9/h4-6H,3H2,1-2H3,(H,11,15). The van der Waals surface area contributed by atoms with E-state index in [2.05, 4.69) is 15.4 Å². The molecule has 2 aromatic rings. The van der Waals surface area contributed by atoms with E-state index in [0.29, 0.717) is 12.2 Å². The second-order valence-electron chi connectivity index (χ2n) is 3.44. The lowest BCUT2D eigenvalue weighted by Crippen LogP contribution is -2.23. The number of aromatic nitrogens is 3. The van der Waals surface area contributed by atoms with Crippen LogP contribution in [0, 0.1) is 6.92 Å². The molecule has 2 heterocycles. The fraction of sp³-hybridized carbons (Fsp3) is 0.300. The molecule has 1 N–H and O–H groups in total. The van der Waals surface area contributed by atoms with E-state index in [1.165, 1.54) is 11.3 Å². The minimum Gasteiger partial charge on any atom is -0.346 e. The van der Waals surface area contributed by atoms with E-state index < -0.39 is 0 Å². The van der Waals surface area contributed by atoms with Gasteiger partial charge in [-0.15, -0.1) is 11.3 Å². The lowest BCUT2D eigenvalue weighted by Gasteiger charge is -2.02. The van der Waals surface area contributed by atoms with E-state index in [-0.39, 0.29) is 5.91 Å². The molecule has 0 unspecified atom stereocenters. The molecule has 0 aliphatic heterocycles. The van der Waals surface area contributed by atoms with Gasteiger partial charge in [-0.05, 0) is 6.92 Å². The summed E-state index contributed by atoms with van der Waals surface area (Å²) < 4.78 is 1.78. The van der Waals surface area contributed by atoms with E-state index in [4.69, 9.17) is 0 Å². The number of carbonyl (C=O) groups is 1. The average molecular weight is 236 g/mol. The SMILES string of the molecule is Cc1c(CNC(=O)c2cscn2)cnn1C. The Hall–Kier alpha value is -1.69. The van der Waals surface area contributed by atoms with E-state index >= 15 is 0 Å². The topological polar surface area (TPSA) is 59.8 Å². The summed E-state index contributed by atoms with van der Waals surface area (Å²) in [4.78, 5) is 15.5. The van der Waals surface area contributed by atoms with Gasteiger partial charge in [0.2, 0.25) is 0 Å². The Morgan fingerprint density at radius 3 is 3.00 bits per heavy atom. The van der Waals surface area contributed by atoms with Crippen LogP contribution in [0.15, 0.2) is 17.1 Å². The van der Waals surface area contributed by atoms with Gasteiger partial charge in [-0.1, -0.05) is 0 Å². The van der Waals surface area contributed by atoms with Crippen LogP contribution >= 0.6 is 11.3 Å². The maximum Gasteiger partial charge on any atom is 0.271 e. The number of aryl methyl sites for hydroxylation is 1. The van der Waals surface area contributed by atoms with Crippen LogP contribution in [0.4, 0.5) is 0 Å². The molecule has 0 bridgehead atoms. The van der Waals surface area contributed by atoms with Crippen molar-refractivity contribution in [2.75, 3.05) is 0 Å². The maximum absolute atomic E-state index is 11.6. The highest BCUT2D eigenvalue weighted by atomic mass is 32.1. The quantitative estimate of drug-likeness (QED) is 0.868. The number of amides is 1. The van der Waals surface area contributed by atoms with Gasteiger partial charge in [0.15, 0.2) is 0 Å². The summed E-state index contributed by atoms with van der Waals surface area (Å²) in [5.41, 5.74) is 4.18. The van der Waals surface area contributed by atoms with Gasteiger partial charge in [0.05, 0.1) is 11.7 Å². The molecule has 0 fully saturated rings. The van der Waals surface area contributed by atoms with Crippen molar-refractivity contribution in [2.24, 2.45) is 7.05 Å². The first kappa shape index (κ1) is 10.8. The highest BCUT2D eigenvalue weighted by molar-refractivity contribution is 7.07. The number of hydrogen-bond donors (Lipinski definition) is 1. The van der Waals surface area contributed by atoms with Crippen LogP contribution in [-0.4, -0.2) is 20.7 Å². The van der Waals surface area contributed by atoms with Crippen molar-refractivity contribution in [1.82, 2.24) is 20.1 Å². The van der Waals surface area contributed by atoms with Gasteiger partial charge in [-0.2, -0.15) is 5.10 Å². The predicted octanol–water partition coefficient (Wildman–Crippen LogP) is 1.12. The fourth-order valence-corrected chi connectivity index (χ4v) is 1.84. The number of nitrogens with zero attached hydrogens (tertiary/aromatic N) is 3. The zero-order valence-electron chi connectivity index (χ0n) is 9.10. The second-order valence-corrected chi connectivity index (χ2v) is 4.15. The summed E-state index contributed by atoms with van der Waals surface area (Å²) in [6.07, 6.45) is 1.76. The molecule has 5 nitrogen and oxygen atoms in total. The minimum atomic E-state index is -0.149. The Morgan fingerprint density at radius 1 is 1.62 bits per heavy atom. The Balaban J connectivity index is 1.98. The van der Waals surface area contributed by atoms with Gasteiger partial charge in [0.25, 0.3) is 5.91 Å². The molecular formula is C10H12N4OS. The largest absolute Gasteiger partial charge is 0.346 e. The van der Waals surface area contributed by atoms with Crippen LogP contribution in [0.5, 0.6) is 0 Å². The summed E-state index contributed by atoms with van der Waals surface area (Å²) in [5, 5.41) is 8.64. The maximum atomic E-state index is 11.6. The van der Waals surface area contributed by atoms with Crippen molar-refractivity contribution >= 4 is 17.2 Å². The molecule has 16 heavy (non-hydrogen) atoms. The van der Waals surface area contributed by atoms with Crippen LogP contribution in [0.2, 0.25) is 0 Å². The molecule has 0 spiro atoms. The van der Waals surface area contributed by atoms with Gasteiger partial charge >= 0.3 is 0 Å². The summed E-state index contributed by atoms with van der Waals surface area (Å²) in [5.74, 6) is -0.149. The second kappa shape index (κ2) is 4.44. The van der Waals surface area contributed by atoms with Gasteiger partial charge in [0.1, 0.15) is 5.69 Å². The molecule has 2 aromatic heterocycles. The Kier molecular flexibility index (Phi) is 3.00. The van der Waals surface area contributed by atoms with Gasteiger partial charge in [-0.25, -0.2) is 4.98 Å². The van der Waals surface area contributed by atoms with Crippen LogP contribution in [-0.2, 0) is 13.6 Å². The third-order valence-electron chi connectivity index (χ3n) is 2.44. The van der Waals surface area contributed by atoms with Crippen molar-refractivity contribution in [2.45, 2.75) is 13.5 Å². The van der Waals surface area contributed by atoms with E-state index in [9.17, 15) is 4.79 Å². The molecule has 0 atom stereocenters. The van der Waals surface area contributed by atoms with Crippen LogP contribution in [0.3, 0.4) is 0 Å². The zero-order valence-corrected chi connectivity index (χ0v) is 9.91. The molecule has 0 saturated heterocycles. The fourth-order valence-electron chi connectivity index (χ4n) is 1.31. The number of carbonyl (C=O) groups excluding carboxylic acids is 1. The van der Waals surface area contributed by atoms with E-state index in [1.54, 1.807) is 21.8 Å². The Labute approximate surface area is 97.1 Å². The Morgan fingerprint density at radius 2 is 2.44 bits per heavy atom. The van der Waals surface area contributed by atoms with Gasteiger partial charge in [-0.3, -0.25) is 9.48 Å². The number of rotatable bonds is 3. The molecule has 0 saturated carbocycles. The zero-order chi connectivity index (χ0) is 11.5. The minimum absolute atomic E-state index is 0.149. The van der Waals surface area contributed by atoms with Crippen LogP contribution < -0.4 is 5.32 Å². The molecule has 1 amide bonds. The lowest BCUT2D eigenvalue weighted by atomic mass is 10.2. The number of thiazole rings is 1. The molecule has 0 aliphatic rings. The number of hydrogen-bond acceptors (Lipinski definition) is 4. The van der Waals surface area contributed by atoms with Crippen molar-refractivity contribution in [3.05, 3.63) is 34.0 Å². The summed E-state index contributed by atoms with van der Waals surface area (Å²) in [7, 11) is 1.88. The van der Waals surface area contributed by atoms with Crippen LogP contribution in [0.25, 0.3) is 0 Å². The monoisotopic (exact) mass is 236 g/mol. The van der Waals surface area contributed by atoms with Crippen molar-refractivity contribution < 1.29 is 4.79 Å². The molecule has 0 aliphatic carbocycles. The van der Waals surface area contributed by atoms with Gasteiger partial charge in [0, 0.05) is 30.2 Å². The first-order valence-electron chi connectivity index (χ1n) is 4.82. The Bertz CT molecular complexity index is 489. The summed E-state index contributed by atoms with van der Waals surface area (Å²) in [6, 6.07) is 0. The molecular weight excluding hydrogens is 224 g/mol. The molecule has 0 radical (unpaired) electrons. The third-order valence-corrected chi connectivity index (χ3v) is 3.03. The first-order valence-corrected chi connectivity index (χ1v) is 5.76. The summed E-state index contributed by atoms with van der Waals surface area (Å²) >= 11 is 1.41. The molecule has 84 valence electrons. The van der Waals surface area contributed by atoms with Crippen LogP contribution in [0.1, 0.15) is 21.7 Å². The molecule has 2 rings (SSSR count). The van der Waals surface area contributed by atoms with Gasteiger partial charge < -0.3 is 5.32 Å². The highest BCUT2D eigenvalue weighted by Gasteiger charge is 2.09. The molecule has 6 heteroatoms. The normalized spacial score (nSPS) is 10.4. The van der Waals surface area contributed by atoms with Crippen molar-refractivity contribution in [3.8, 4) is 0 Å².